The van der Waals surface area contributed by atoms with Crippen molar-refractivity contribution < 1.29 is 8.78 Å². The molecule has 1 N–H and O–H groups in total. The van der Waals surface area contributed by atoms with Gasteiger partial charge in [-0.3, -0.25) is 0 Å². The summed E-state index contributed by atoms with van der Waals surface area (Å²) in [5.41, 5.74) is 1.77. The third-order valence-electron chi connectivity index (χ3n) is 2.24. The van der Waals surface area contributed by atoms with Crippen LogP contribution in [-0.2, 0) is 6.42 Å². The topological polar surface area (TPSA) is 12.0 Å². The van der Waals surface area contributed by atoms with Crippen LogP contribution < -0.4 is 5.32 Å². The Morgan fingerprint density at radius 1 is 1.36 bits per heavy atom. The van der Waals surface area contributed by atoms with Crippen LogP contribution in [0.3, 0.4) is 0 Å². The molecule has 0 aromatic heterocycles. The molecule has 0 bridgehead atoms. The van der Waals surface area contributed by atoms with E-state index in [0.717, 1.165) is 18.5 Å². The molecule has 0 unspecified atom stereocenters. The van der Waals surface area contributed by atoms with Gasteiger partial charge in [-0.2, -0.15) is 0 Å². The Balaban J connectivity index is 2.83. The Hall–Kier alpha value is -0.960. The predicted octanol–water partition coefficient (Wildman–Crippen LogP) is 2.69. The molecule has 0 fully saturated rings. The monoisotopic (exact) mass is 199 g/mol. The lowest BCUT2D eigenvalue weighted by Crippen LogP contribution is -2.10. The maximum absolute atomic E-state index is 12.5. The van der Waals surface area contributed by atoms with Crippen LogP contribution >= 0.6 is 0 Å². The summed E-state index contributed by atoms with van der Waals surface area (Å²) >= 11 is 0. The third-order valence-corrected chi connectivity index (χ3v) is 2.24. The number of halogens is 2. The lowest BCUT2D eigenvalue weighted by atomic mass is 10.0. The molecule has 1 rings (SSSR count). The minimum Gasteiger partial charge on any atom is -0.319 e. The maximum Gasteiger partial charge on any atom is 0.264 e. The molecule has 14 heavy (non-hydrogen) atoms. The number of aryl methyl sites for hydroxylation is 1. The molecule has 0 aliphatic rings. The molecule has 0 aliphatic heterocycles. The van der Waals surface area contributed by atoms with Crippen LogP contribution in [0, 0.1) is 6.92 Å². The second-order valence-corrected chi connectivity index (χ2v) is 3.35. The van der Waals surface area contributed by atoms with Crippen LogP contribution in [0.5, 0.6) is 0 Å². The average Bonchev–Trinajstić information content (AvgIpc) is 2.16. The smallest absolute Gasteiger partial charge is 0.264 e. The van der Waals surface area contributed by atoms with Crippen molar-refractivity contribution in [2.24, 2.45) is 0 Å². The number of hydrogen-bond acceptors (Lipinski definition) is 1. The number of likely N-dealkylation sites (N-methyl/N-ethyl adjacent to an activating group) is 1. The first kappa shape index (κ1) is 11.1. The molecule has 0 saturated heterocycles. The number of hydrogen-bond donors (Lipinski definition) is 1. The number of nitrogens with one attached hydrogen (secondary N) is 1. The van der Waals surface area contributed by atoms with Crippen molar-refractivity contribution in [2.45, 2.75) is 19.8 Å². The molecule has 0 spiro atoms. The van der Waals surface area contributed by atoms with E-state index in [1.165, 1.54) is 0 Å². The van der Waals surface area contributed by atoms with Gasteiger partial charge in [0.25, 0.3) is 6.43 Å². The van der Waals surface area contributed by atoms with Crippen molar-refractivity contribution in [3.63, 3.8) is 0 Å². The van der Waals surface area contributed by atoms with Gasteiger partial charge in [-0.1, -0.05) is 12.1 Å². The second kappa shape index (κ2) is 5.05. The second-order valence-electron chi connectivity index (χ2n) is 3.35. The molecule has 0 heterocycles. The van der Waals surface area contributed by atoms with Gasteiger partial charge in [-0.15, -0.1) is 0 Å². The van der Waals surface area contributed by atoms with E-state index >= 15 is 0 Å². The Labute approximate surface area is 83.1 Å². The summed E-state index contributed by atoms with van der Waals surface area (Å²) in [5.74, 6) is 0. The van der Waals surface area contributed by atoms with Crippen molar-refractivity contribution in [3.8, 4) is 0 Å². The normalized spacial score (nSPS) is 10.9. The standard InChI is InChI=1S/C11H15F2N/c1-8-3-4-9(5-6-14-2)7-10(8)11(12)13/h3-4,7,11,14H,5-6H2,1-2H3. The van der Waals surface area contributed by atoms with Gasteiger partial charge in [0.05, 0.1) is 0 Å². The molecule has 78 valence electrons. The number of benzene rings is 1. The molecule has 0 radical (unpaired) electrons. The van der Waals surface area contributed by atoms with E-state index in [4.69, 9.17) is 0 Å². The van der Waals surface area contributed by atoms with Gasteiger partial charge < -0.3 is 5.32 Å². The molecule has 1 aromatic carbocycles. The van der Waals surface area contributed by atoms with Crippen molar-refractivity contribution in [1.82, 2.24) is 5.32 Å². The summed E-state index contributed by atoms with van der Waals surface area (Å²) < 4.78 is 25.0. The molecule has 1 nitrogen and oxygen atoms in total. The number of alkyl halides is 2. The molecular formula is C11H15F2N. The Morgan fingerprint density at radius 2 is 2.07 bits per heavy atom. The van der Waals surface area contributed by atoms with E-state index in [9.17, 15) is 8.78 Å². The Kier molecular flexibility index (Phi) is 4.01. The first-order valence-electron chi connectivity index (χ1n) is 4.67. The highest BCUT2D eigenvalue weighted by Crippen LogP contribution is 2.23. The van der Waals surface area contributed by atoms with Gasteiger partial charge in [0, 0.05) is 5.56 Å². The summed E-state index contributed by atoms with van der Waals surface area (Å²) in [7, 11) is 1.85. The zero-order chi connectivity index (χ0) is 10.6. The number of rotatable bonds is 4. The van der Waals surface area contributed by atoms with E-state index in [2.05, 4.69) is 5.32 Å². The van der Waals surface area contributed by atoms with Gasteiger partial charge >= 0.3 is 0 Å². The van der Waals surface area contributed by atoms with E-state index in [-0.39, 0.29) is 5.56 Å². The van der Waals surface area contributed by atoms with Crippen LogP contribution in [0.1, 0.15) is 23.1 Å². The predicted molar refractivity (Wildman–Crippen MR) is 53.8 cm³/mol. The fraction of sp³-hybridized carbons (Fsp3) is 0.455. The molecule has 1 aromatic rings. The van der Waals surface area contributed by atoms with Gasteiger partial charge in [0.2, 0.25) is 0 Å². The molecule has 3 heteroatoms. The van der Waals surface area contributed by atoms with Crippen molar-refractivity contribution in [1.29, 1.82) is 0 Å². The first-order chi connectivity index (χ1) is 6.65. The van der Waals surface area contributed by atoms with Crippen LogP contribution in [0.25, 0.3) is 0 Å². The van der Waals surface area contributed by atoms with Gasteiger partial charge in [0.15, 0.2) is 0 Å². The van der Waals surface area contributed by atoms with Crippen molar-refractivity contribution in [3.05, 3.63) is 34.9 Å². The summed E-state index contributed by atoms with van der Waals surface area (Å²) in [6, 6.07) is 5.25. The van der Waals surface area contributed by atoms with Gasteiger partial charge in [0.1, 0.15) is 0 Å². The third kappa shape index (κ3) is 2.77. The SMILES string of the molecule is CNCCc1ccc(C)c(C(F)F)c1. The zero-order valence-electron chi connectivity index (χ0n) is 8.48. The van der Waals surface area contributed by atoms with Crippen LogP contribution in [0.2, 0.25) is 0 Å². The minimum atomic E-state index is -2.37. The van der Waals surface area contributed by atoms with Crippen molar-refractivity contribution in [2.75, 3.05) is 13.6 Å². The lowest BCUT2D eigenvalue weighted by Gasteiger charge is -2.07. The summed E-state index contributed by atoms with van der Waals surface area (Å²) in [6.07, 6.45) is -1.58. The summed E-state index contributed by atoms with van der Waals surface area (Å²) in [6.45, 7) is 2.52. The van der Waals surface area contributed by atoms with Crippen LogP contribution in [0.4, 0.5) is 8.78 Å². The first-order valence-corrected chi connectivity index (χ1v) is 4.67. The average molecular weight is 199 g/mol. The lowest BCUT2D eigenvalue weighted by molar-refractivity contribution is 0.150. The van der Waals surface area contributed by atoms with Crippen LogP contribution in [0.15, 0.2) is 18.2 Å². The highest BCUT2D eigenvalue weighted by molar-refractivity contribution is 5.32. The van der Waals surface area contributed by atoms with E-state index in [1.54, 1.807) is 19.1 Å². The molecular weight excluding hydrogens is 184 g/mol. The summed E-state index contributed by atoms with van der Waals surface area (Å²) in [5, 5.41) is 2.99. The van der Waals surface area contributed by atoms with E-state index < -0.39 is 6.43 Å². The van der Waals surface area contributed by atoms with Crippen LogP contribution in [-0.4, -0.2) is 13.6 Å². The molecule has 0 atom stereocenters. The minimum absolute atomic E-state index is 0.151. The fourth-order valence-corrected chi connectivity index (χ4v) is 1.35. The highest BCUT2D eigenvalue weighted by atomic mass is 19.3. The van der Waals surface area contributed by atoms with Gasteiger partial charge in [-0.05, 0) is 44.1 Å². The zero-order valence-corrected chi connectivity index (χ0v) is 8.48. The fourth-order valence-electron chi connectivity index (χ4n) is 1.35. The van der Waals surface area contributed by atoms with Gasteiger partial charge in [-0.25, -0.2) is 8.78 Å². The molecule has 0 saturated carbocycles. The Morgan fingerprint density at radius 3 is 2.64 bits per heavy atom. The van der Waals surface area contributed by atoms with E-state index in [0.29, 0.717) is 5.56 Å². The maximum atomic E-state index is 12.5. The molecule has 0 aliphatic carbocycles. The Bertz CT molecular complexity index is 297. The summed E-state index contributed by atoms with van der Waals surface area (Å²) in [4.78, 5) is 0. The van der Waals surface area contributed by atoms with E-state index in [1.807, 2.05) is 13.1 Å². The molecule has 0 amide bonds. The van der Waals surface area contributed by atoms with Crippen molar-refractivity contribution >= 4 is 0 Å². The largest absolute Gasteiger partial charge is 0.319 e. The highest BCUT2D eigenvalue weighted by Gasteiger charge is 2.10. The quantitative estimate of drug-likeness (QED) is 0.786.